The standard InChI is InChI=1S/C11H16N4O3/c1-11(9(16)17)3-2-6-15(11)10(18)14-7-8-12-4-5-13-8/h4-5H,2-3,6-7H2,1H3,(H,12,13)(H,14,18)(H,16,17). The summed E-state index contributed by atoms with van der Waals surface area (Å²) < 4.78 is 0. The maximum absolute atomic E-state index is 12.0. The van der Waals surface area contributed by atoms with E-state index in [1.807, 2.05) is 0 Å². The Labute approximate surface area is 104 Å². The molecule has 7 heteroatoms. The molecular weight excluding hydrogens is 236 g/mol. The van der Waals surface area contributed by atoms with Crippen LogP contribution in [0, 0.1) is 0 Å². The van der Waals surface area contributed by atoms with Gasteiger partial charge in [-0.25, -0.2) is 14.6 Å². The number of hydrogen-bond donors (Lipinski definition) is 3. The first-order chi connectivity index (χ1) is 8.54. The number of nitrogens with one attached hydrogen (secondary N) is 2. The molecule has 1 unspecified atom stereocenters. The van der Waals surface area contributed by atoms with Crippen molar-refractivity contribution in [3.63, 3.8) is 0 Å². The number of imidazole rings is 1. The lowest BCUT2D eigenvalue weighted by Crippen LogP contribution is -2.54. The zero-order valence-corrected chi connectivity index (χ0v) is 10.1. The maximum atomic E-state index is 12.0. The summed E-state index contributed by atoms with van der Waals surface area (Å²) in [6.45, 7) is 2.31. The van der Waals surface area contributed by atoms with Crippen molar-refractivity contribution >= 4 is 12.0 Å². The summed E-state index contributed by atoms with van der Waals surface area (Å²) in [5, 5.41) is 11.9. The van der Waals surface area contributed by atoms with Crippen molar-refractivity contribution in [3.05, 3.63) is 18.2 Å². The summed E-state index contributed by atoms with van der Waals surface area (Å²) in [7, 11) is 0. The van der Waals surface area contributed by atoms with E-state index in [9.17, 15) is 14.7 Å². The predicted octanol–water partition coefficient (Wildman–Crippen LogP) is 0.558. The minimum Gasteiger partial charge on any atom is -0.480 e. The second-order valence-electron chi connectivity index (χ2n) is 4.53. The molecule has 3 N–H and O–H groups in total. The van der Waals surface area contributed by atoms with Gasteiger partial charge in [-0.1, -0.05) is 0 Å². The van der Waals surface area contributed by atoms with Gasteiger partial charge in [-0.15, -0.1) is 0 Å². The molecule has 2 heterocycles. The molecule has 2 amide bonds. The number of nitrogens with zero attached hydrogens (tertiary/aromatic N) is 2. The van der Waals surface area contributed by atoms with Crippen LogP contribution in [0.2, 0.25) is 0 Å². The lowest BCUT2D eigenvalue weighted by atomic mass is 10.00. The Morgan fingerprint density at radius 1 is 1.67 bits per heavy atom. The fourth-order valence-corrected chi connectivity index (χ4v) is 2.16. The van der Waals surface area contributed by atoms with Crippen LogP contribution in [-0.4, -0.2) is 44.1 Å². The molecule has 98 valence electrons. The zero-order valence-electron chi connectivity index (χ0n) is 10.1. The molecule has 0 spiro atoms. The van der Waals surface area contributed by atoms with Gasteiger partial charge in [0.05, 0.1) is 6.54 Å². The van der Waals surface area contributed by atoms with Crippen LogP contribution in [0.3, 0.4) is 0 Å². The van der Waals surface area contributed by atoms with E-state index in [0.29, 0.717) is 25.2 Å². The molecule has 1 aromatic heterocycles. The van der Waals surface area contributed by atoms with Crippen LogP contribution in [-0.2, 0) is 11.3 Å². The summed E-state index contributed by atoms with van der Waals surface area (Å²) in [5.74, 6) is -0.326. The van der Waals surface area contributed by atoms with Crippen molar-refractivity contribution in [2.45, 2.75) is 31.8 Å². The molecule has 0 aliphatic carbocycles. The van der Waals surface area contributed by atoms with Crippen molar-refractivity contribution in [3.8, 4) is 0 Å². The fourth-order valence-electron chi connectivity index (χ4n) is 2.16. The number of carbonyl (C=O) groups is 2. The largest absolute Gasteiger partial charge is 0.480 e. The van der Waals surface area contributed by atoms with Gasteiger partial charge in [0.2, 0.25) is 0 Å². The number of amides is 2. The first kappa shape index (κ1) is 12.4. The van der Waals surface area contributed by atoms with Gasteiger partial charge < -0.3 is 20.3 Å². The number of aliphatic carboxylic acids is 1. The molecule has 0 bridgehead atoms. The highest BCUT2D eigenvalue weighted by atomic mass is 16.4. The van der Waals surface area contributed by atoms with Crippen LogP contribution in [0.25, 0.3) is 0 Å². The second-order valence-corrected chi connectivity index (χ2v) is 4.53. The number of hydrogen-bond acceptors (Lipinski definition) is 3. The lowest BCUT2D eigenvalue weighted by Gasteiger charge is -2.31. The highest BCUT2D eigenvalue weighted by molar-refractivity contribution is 5.86. The minimum atomic E-state index is -1.10. The van der Waals surface area contributed by atoms with Crippen molar-refractivity contribution in [1.82, 2.24) is 20.2 Å². The third-order valence-corrected chi connectivity index (χ3v) is 3.31. The average molecular weight is 252 g/mol. The maximum Gasteiger partial charge on any atom is 0.329 e. The number of carboxylic acids is 1. The zero-order chi connectivity index (χ0) is 13.2. The number of carboxylic acid groups (broad SMARTS) is 1. The smallest absolute Gasteiger partial charge is 0.329 e. The normalized spacial score (nSPS) is 23.1. The number of likely N-dealkylation sites (tertiary alicyclic amines) is 1. The first-order valence-electron chi connectivity index (χ1n) is 5.81. The minimum absolute atomic E-state index is 0.262. The van der Waals surface area contributed by atoms with E-state index in [2.05, 4.69) is 15.3 Å². The summed E-state index contributed by atoms with van der Waals surface area (Å²) in [4.78, 5) is 31.4. The van der Waals surface area contributed by atoms with Gasteiger partial charge in [-0.2, -0.15) is 0 Å². The van der Waals surface area contributed by atoms with Crippen LogP contribution in [0.15, 0.2) is 12.4 Å². The van der Waals surface area contributed by atoms with Gasteiger partial charge in [0, 0.05) is 18.9 Å². The van der Waals surface area contributed by atoms with Gasteiger partial charge in [0.1, 0.15) is 11.4 Å². The van der Waals surface area contributed by atoms with Crippen LogP contribution < -0.4 is 5.32 Å². The number of carbonyl (C=O) groups excluding carboxylic acids is 1. The quantitative estimate of drug-likeness (QED) is 0.732. The molecule has 1 atom stereocenters. The van der Waals surface area contributed by atoms with Crippen LogP contribution in [0.1, 0.15) is 25.6 Å². The van der Waals surface area contributed by atoms with Gasteiger partial charge >= 0.3 is 12.0 Å². The molecule has 2 rings (SSSR count). The van der Waals surface area contributed by atoms with Crippen molar-refractivity contribution in [2.24, 2.45) is 0 Å². The molecule has 1 saturated heterocycles. The Morgan fingerprint density at radius 2 is 2.44 bits per heavy atom. The number of aromatic nitrogens is 2. The summed E-state index contributed by atoms with van der Waals surface area (Å²) in [6, 6.07) is -0.367. The van der Waals surface area contributed by atoms with Gasteiger partial charge in [0.15, 0.2) is 0 Å². The van der Waals surface area contributed by atoms with E-state index in [1.54, 1.807) is 19.3 Å². The highest BCUT2D eigenvalue weighted by Crippen LogP contribution is 2.29. The molecule has 0 aromatic carbocycles. The van der Waals surface area contributed by atoms with E-state index in [-0.39, 0.29) is 12.6 Å². The Balaban J connectivity index is 1.98. The van der Waals surface area contributed by atoms with Gasteiger partial charge in [-0.3, -0.25) is 0 Å². The molecule has 7 nitrogen and oxygen atoms in total. The third-order valence-electron chi connectivity index (χ3n) is 3.31. The Bertz CT molecular complexity index is 445. The third kappa shape index (κ3) is 2.15. The average Bonchev–Trinajstić information content (AvgIpc) is 2.95. The van der Waals surface area contributed by atoms with E-state index in [4.69, 9.17) is 0 Å². The molecule has 1 aromatic rings. The molecule has 0 saturated carbocycles. The monoisotopic (exact) mass is 252 g/mol. The van der Waals surface area contributed by atoms with Crippen LogP contribution in [0.4, 0.5) is 4.79 Å². The second kappa shape index (κ2) is 4.67. The van der Waals surface area contributed by atoms with Crippen molar-refractivity contribution < 1.29 is 14.7 Å². The van der Waals surface area contributed by atoms with Gasteiger partial charge in [0.25, 0.3) is 0 Å². The predicted molar refractivity (Wildman–Crippen MR) is 62.8 cm³/mol. The van der Waals surface area contributed by atoms with E-state index in [1.165, 1.54) is 4.90 Å². The molecule has 1 fully saturated rings. The van der Waals surface area contributed by atoms with E-state index >= 15 is 0 Å². The molecule has 1 aliphatic heterocycles. The molecule has 0 radical (unpaired) electrons. The van der Waals surface area contributed by atoms with Crippen molar-refractivity contribution in [2.75, 3.05) is 6.54 Å². The van der Waals surface area contributed by atoms with Crippen LogP contribution >= 0.6 is 0 Å². The summed E-state index contributed by atoms with van der Waals surface area (Å²) >= 11 is 0. The topological polar surface area (TPSA) is 98.3 Å². The Kier molecular flexibility index (Phi) is 3.22. The van der Waals surface area contributed by atoms with E-state index < -0.39 is 11.5 Å². The number of H-pyrrole nitrogens is 1. The Hall–Kier alpha value is -2.05. The van der Waals surface area contributed by atoms with E-state index in [0.717, 1.165) is 0 Å². The first-order valence-corrected chi connectivity index (χ1v) is 5.81. The summed E-state index contributed by atoms with van der Waals surface area (Å²) in [6.07, 6.45) is 4.45. The molecular formula is C11H16N4O3. The molecule has 18 heavy (non-hydrogen) atoms. The lowest BCUT2D eigenvalue weighted by molar-refractivity contribution is -0.147. The number of urea groups is 1. The van der Waals surface area contributed by atoms with Gasteiger partial charge in [-0.05, 0) is 19.8 Å². The Morgan fingerprint density at radius 3 is 3.06 bits per heavy atom. The van der Waals surface area contributed by atoms with Crippen molar-refractivity contribution in [1.29, 1.82) is 0 Å². The summed E-state index contributed by atoms with van der Waals surface area (Å²) in [5.41, 5.74) is -1.10. The number of rotatable bonds is 3. The highest BCUT2D eigenvalue weighted by Gasteiger charge is 2.45. The van der Waals surface area contributed by atoms with Crippen LogP contribution in [0.5, 0.6) is 0 Å². The SMILES string of the molecule is CC1(C(=O)O)CCCN1C(=O)NCc1ncc[nH]1. The number of aromatic amines is 1. The molecule has 1 aliphatic rings. The fraction of sp³-hybridized carbons (Fsp3) is 0.545.